The number of benzene rings is 1. The van der Waals surface area contributed by atoms with Gasteiger partial charge in [0.1, 0.15) is 18.1 Å². The summed E-state index contributed by atoms with van der Waals surface area (Å²) in [7, 11) is 0. The van der Waals surface area contributed by atoms with Gasteiger partial charge in [-0.3, -0.25) is 19.4 Å². The Balaban J connectivity index is 3.00. The summed E-state index contributed by atoms with van der Waals surface area (Å²) in [6.07, 6.45) is 3.17. The van der Waals surface area contributed by atoms with Crippen LogP contribution in [0.4, 0.5) is 0 Å². The summed E-state index contributed by atoms with van der Waals surface area (Å²) >= 11 is 1.46. The quantitative estimate of drug-likeness (QED) is 0.0720. The zero-order valence-electron chi connectivity index (χ0n) is 22.9. The number of carboxylic acids is 1. The zero-order chi connectivity index (χ0) is 29.4. The second kappa shape index (κ2) is 18.1. The van der Waals surface area contributed by atoms with Gasteiger partial charge < -0.3 is 38.3 Å². The van der Waals surface area contributed by atoms with Crippen molar-refractivity contribution in [1.82, 2.24) is 16.0 Å². The summed E-state index contributed by atoms with van der Waals surface area (Å²) in [4.78, 5) is 54.8. The van der Waals surface area contributed by atoms with Crippen LogP contribution < -0.4 is 33.2 Å². The number of aliphatic carboxylic acids is 1. The molecule has 3 amide bonds. The summed E-state index contributed by atoms with van der Waals surface area (Å²) in [5, 5.41) is 17.4. The predicted octanol–water partition coefficient (Wildman–Crippen LogP) is -0.0518. The van der Waals surface area contributed by atoms with Crippen LogP contribution in [0.1, 0.15) is 45.1 Å². The van der Waals surface area contributed by atoms with Gasteiger partial charge in [0.2, 0.25) is 17.7 Å². The van der Waals surface area contributed by atoms with Gasteiger partial charge in [-0.2, -0.15) is 11.8 Å². The minimum atomic E-state index is -1.17. The number of hydrogen-bond acceptors (Lipinski definition) is 7. The molecule has 0 spiro atoms. The van der Waals surface area contributed by atoms with Crippen LogP contribution in [0.2, 0.25) is 0 Å². The third-order valence-electron chi connectivity index (χ3n) is 5.78. The molecule has 1 aromatic rings. The average Bonchev–Trinajstić information content (AvgIpc) is 2.87. The zero-order valence-corrected chi connectivity index (χ0v) is 23.7. The van der Waals surface area contributed by atoms with Gasteiger partial charge in [0, 0.05) is 6.54 Å². The molecule has 0 fully saturated rings. The third-order valence-corrected chi connectivity index (χ3v) is 6.42. The van der Waals surface area contributed by atoms with E-state index in [1.165, 1.54) is 11.8 Å². The van der Waals surface area contributed by atoms with Crippen LogP contribution >= 0.6 is 11.8 Å². The number of hydrogen-bond donors (Lipinski definition) is 7. The van der Waals surface area contributed by atoms with E-state index in [1.807, 2.05) is 50.4 Å². The number of amides is 3. The lowest BCUT2D eigenvalue weighted by molar-refractivity contribution is -0.142. The fraction of sp³-hybridized carbons (Fsp3) is 0.577. The molecule has 218 valence electrons. The maximum Gasteiger partial charge on any atom is 0.326 e. The first-order valence-electron chi connectivity index (χ1n) is 12.9. The maximum atomic E-state index is 13.3. The van der Waals surface area contributed by atoms with Gasteiger partial charge >= 0.3 is 5.97 Å². The van der Waals surface area contributed by atoms with Gasteiger partial charge in [0.25, 0.3) is 0 Å². The van der Waals surface area contributed by atoms with Gasteiger partial charge in [0.05, 0.1) is 6.04 Å². The molecule has 0 heterocycles. The largest absolute Gasteiger partial charge is 0.480 e. The van der Waals surface area contributed by atoms with Gasteiger partial charge in [-0.25, -0.2) is 4.79 Å². The molecule has 39 heavy (non-hydrogen) atoms. The molecule has 0 saturated carbocycles. The Labute approximate surface area is 234 Å². The molecule has 0 aromatic heterocycles. The highest BCUT2D eigenvalue weighted by molar-refractivity contribution is 7.98. The SMILES string of the molecule is CSCCC(NC(=O)C(CCCN=C(N)N)NC(=O)C(CC(C)C)NC(=O)C(N)Cc1ccccc1)C(=O)O. The second-order valence-corrected chi connectivity index (χ2v) is 10.7. The molecule has 1 rings (SSSR count). The average molecular weight is 566 g/mol. The molecule has 0 bridgehead atoms. The summed E-state index contributed by atoms with van der Waals surface area (Å²) in [5.74, 6) is -2.39. The molecule has 0 saturated heterocycles. The molecule has 4 unspecified atom stereocenters. The summed E-state index contributed by atoms with van der Waals surface area (Å²) in [5.41, 5.74) is 17.7. The van der Waals surface area contributed by atoms with E-state index in [0.29, 0.717) is 25.0 Å². The van der Waals surface area contributed by atoms with Gasteiger partial charge in [0.15, 0.2) is 5.96 Å². The predicted molar refractivity (Wildman–Crippen MR) is 154 cm³/mol. The standard InChI is InChI=1S/C26H43N7O5S/c1-16(2)14-21(33-22(34)18(27)15-17-8-5-4-6-9-17)24(36)31-19(10-7-12-30-26(28)29)23(35)32-20(25(37)38)11-13-39-3/h4-6,8-9,16,18-21H,7,10-15,27H2,1-3H3,(H,31,36)(H,32,35)(H,33,34)(H,37,38)(H4,28,29,30). The van der Waals surface area contributed by atoms with Crippen LogP contribution in [-0.2, 0) is 25.6 Å². The maximum absolute atomic E-state index is 13.3. The number of nitrogens with zero attached hydrogens (tertiary/aromatic N) is 1. The number of carbonyl (C=O) groups excluding carboxylic acids is 3. The van der Waals surface area contributed by atoms with Crippen molar-refractivity contribution in [3.8, 4) is 0 Å². The van der Waals surface area contributed by atoms with Crippen LogP contribution in [0, 0.1) is 5.92 Å². The Morgan fingerprint density at radius 1 is 0.923 bits per heavy atom. The third kappa shape index (κ3) is 13.9. The Kier molecular flexibility index (Phi) is 15.6. The Morgan fingerprint density at radius 3 is 2.08 bits per heavy atom. The highest BCUT2D eigenvalue weighted by Gasteiger charge is 2.30. The van der Waals surface area contributed by atoms with Crippen LogP contribution in [0.5, 0.6) is 0 Å². The molecule has 0 aliphatic carbocycles. The molecule has 0 aliphatic heterocycles. The van der Waals surface area contributed by atoms with Gasteiger partial charge in [-0.05, 0) is 55.6 Å². The van der Waals surface area contributed by atoms with Crippen molar-refractivity contribution in [1.29, 1.82) is 0 Å². The number of rotatable bonds is 18. The number of nitrogens with one attached hydrogen (secondary N) is 3. The monoisotopic (exact) mass is 565 g/mol. The highest BCUT2D eigenvalue weighted by Crippen LogP contribution is 2.09. The Morgan fingerprint density at radius 2 is 1.51 bits per heavy atom. The lowest BCUT2D eigenvalue weighted by atomic mass is 10.0. The number of aliphatic imine (C=N–C) groups is 1. The highest BCUT2D eigenvalue weighted by atomic mass is 32.2. The van der Waals surface area contributed by atoms with E-state index in [2.05, 4.69) is 20.9 Å². The van der Waals surface area contributed by atoms with E-state index in [1.54, 1.807) is 0 Å². The minimum Gasteiger partial charge on any atom is -0.480 e. The summed E-state index contributed by atoms with van der Waals surface area (Å²) in [6, 6.07) is 5.30. The Hall–Kier alpha value is -3.32. The number of carboxylic acid groups (broad SMARTS) is 1. The lowest BCUT2D eigenvalue weighted by Gasteiger charge is -2.26. The van der Waals surface area contributed by atoms with E-state index >= 15 is 0 Å². The van der Waals surface area contributed by atoms with Crippen LogP contribution in [-0.4, -0.2) is 77.5 Å². The molecule has 10 N–H and O–H groups in total. The van der Waals surface area contributed by atoms with Crippen molar-refractivity contribution in [2.75, 3.05) is 18.6 Å². The summed E-state index contributed by atoms with van der Waals surface area (Å²) in [6.45, 7) is 4.02. The van der Waals surface area contributed by atoms with Crippen LogP contribution in [0.25, 0.3) is 0 Å². The molecule has 1 aromatic carbocycles. The van der Waals surface area contributed by atoms with Crippen molar-refractivity contribution >= 4 is 41.4 Å². The van der Waals surface area contributed by atoms with Crippen LogP contribution in [0.15, 0.2) is 35.3 Å². The number of guanidine groups is 1. The smallest absolute Gasteiger partial charge is 0.326 e. The number of nitrogens with two attached hydrogens (primary N) is 3. The lowest BCUT2D eigenvalue weighted by Crippen LogP contribution is -2.57. The van der Waals surface area contributed by atoms with Crippen molar-refractivity contribution in [3.63, 3.8) is 0 Å². The van der Waals surface area contributed by atoms with E-state index in [4.69, 9.17) is 17.2 Å². The van der Waals surface area contributed by atoms with E-state index in [0.717, 1.165) is 5.56 Å². The number of thioether (sulfide) groups is 1. The second-order valence-electron chi connectivity index (χ2n) is 9.68. The van der Waals surface area contributed by atoms with E-state index < -0.39 is 47.9 Å². The van der Waals surface area contributed by atoms with Crippen LogP contribution in [0.3, 0.4) is 0 Å². The first-order chi connectivity index (χ1) is 18.4. The van der Waals surface area contributed by atoms with Crippen molar-refractivity contribution in [2.24, 2.45) is 28.1 Å². The number of carbonyl (C=O) groups is 4. The van der Waals surface area contributed by atoms with Crippen molar-refractivity contribution < 1.29 is 24.3 Å². The topological polar surface area (TPSA) is 215 Å². The Bertz CT molecular complexity index is 957. The molecular weight excluding hydrogens is 522 g/mol. The molecule has 0 radical (unpaired) electrons. The normalized spacial score (nSPS) is 14.0. The van der Waals surface area contributed by atoms with E-state index in [-0.39, 0.29) is 31.3 Å². The molecule has 0 aliphatic rings. The fourth-order valence-corrected chi connectivity index (χ4v) is 4.22. The van der Waals surface area contributed by atoms with Crippen molar-refractivity contribution in [2.45, 2.75) is 70.1 Å². The van der Waals surface area contributed by atoms with Crippen molar-refractivity contribution in [3.05, 3.63) is 35.9 Å². The van der Waals surface area contributed by atoms with E-state index in [9.17, 15) is 24.3 Å². The molecule has 4 atom stereocenters. The van der Waals surface area contributed by atoms with Gasteiger partial charge in [-0.15, -0.1) is 0 Å². The van der Waals surface area contributed by atoms with Gasteiger partial charge in [-0.1, -0.05) is 44.2 Å². The molecule has 12 nitrogen and oxygen atoms in total. The molecule has 13 heteroatoms. The molecular formula is C26H43N7O5S. The first kappa shape index (κ1) is 33.7. The summed E-state index contributed by atoms with van der Waals surface area (Å²) < 4.78 is 0. The fourth-order valence-electron chi connectivity index (χ4n) is 3.75. The minimum absolute atomic E-state index is 0.0449. The first-order valence-corrected chi connectivity index (χ1v) is 14.3.